The number of fused-ring (bicyclic) bond motifs is 3. The summed E-state index contributed by atoms with van der Waals surface area (Å²) in [5.41, 5.74) is 9.38. The van der Waals surface area contributed by atoms with E-state index in [4.69, 9.17) is 5.73 Å². The molecular weight excluding hydrogens is 314 g/mol. The second-order valence-corrected chi connectivity index (χ2v) is 6.25. The van der Waals surface area contributed by atoms with Crippen molar-refractivity contribution in [3.05, 3.63) is 35.8 Å². The highest BCUT2D eigenvalue weighted by molar-refractivity contribution is 7.97. The largest absolute Gasteiger partial charge is 0.477 e. The average Bonchev–Trinajstić information content (AvgIpc) is 3.11. The molecule has 0 amide bonds. The summed E-state index contributed by atoms with van der Waals surface area (Å²) in [6.07, 6.45) is 5.72. The van der Waals surface area contributed by atoms with Gasteiger partial charge in [0, 0.05) is 23.4 Å². The van der Waals surface area contributed by atoms with Crippen LogP contribution in [0.4, 0.5) is 0 Å². The number of nitrogens with two attached hydrogens (primary N) is 1. The molecule has 0 spiro atoms. The standard InChI is InChI=1S/C15H19N5O2S/c1-2-8-23-20-12-5-4-10-13(11(12)9-17-20)18-19(7-3-6-16)14(10)15(21)22/h2,9H,1,3-8,16H2,(H,21,22). The monoisotopic (exact) mass is 333 g/mol. The van der Waals surface area contributed by atoms with E-state index in [0.29, 0.717) is 25.9 Å². The zero-order valence-corrected chi connectivity index (χ0v) is 13.6. The molecular formula is C15H19N5O2S. The van der Waals surface area contributed by atoms with Crippen LogP contribution in [-0.2, 0) is 19.4 Å². The van der Waals surface area contributed by atoms with Gasteiger partial charge in [0.25, 0.3) is 0 Å². The molecule has 0 fully saturated rings. The van der Waals surface area contributed by atoms with Crippen molar-refractivity contribution >= 4 is 17.9 Å². The molecule has 23 heavy (non-hydrogen) atoms. The van der Waals surface area contributed by atoms with Gasteiger partial charge in [0.15, 0.2) is 0 Å². The first kappa shape index (κ1) is 15.8. The van der Waals surface area contributed by atoms with E-state index in [1.54, 1.807) is 22.8 Å². The lowest BCUT2D eigenvalue weighted by molar-refractivity contribution is 0.0681. The smallest absolute Gasteiger partial charge is 0.354 e. The van der Waals surface area contributed by atoms with Gasteiger partial charge >= 0.3 is 5.97 Å². The van der Waals surface area contributed by atoms with Crippen molar-refractivity contribution in [1.29, 1.82) is 0 Å². The fourth-order valence-electron chi connectivity index (χ4n) is 2.86. The van der Waals surface area contributed by atoms with E-state index < -0.39 is 5.97 Å². The second kappa shape index (κ2) is 6.59. The second-order valence-electron chi connectivity index (χ2n) is 5.31. The molecule has 0 saturated carbocycles. The van der Waals surface area contributed by atoms with Crippen LogP contribution >= 0.6 is 11.9 Å². The fraction of sp³-hybridized carbons (Fsp3) is 0.400. The van der Waals surface area contributed by atoms with Crippen molar-refractivity contribution in [2.45, 2.75) is 25.8 Å². The third-order valence-electron chi connectivity index (χ3n) is 3.84. The van der Waals surface area contributed by atoms with Crippen LogP contribution in [0.5, 0.6) is 0 Å². The minimum absolute atomic E-state index is 0.283. The normalized spacial score (nSPS) is 12.7. The van der Waals surface area contributed by atoms with Crippen molar-refractivity contribution in [3.8, 4) is 11.3 Å². The minimum Gasteiger partial charge on any atom is -0.477 e. The number of carbonyl (C=O) groups is 1. The molecule has 1 aliphatic rings. The summed E-state index contributed by atoms with van der Waals surface area (Å²) in [5, 5.41) is 18.5. The maximum absolute atomic E-state index is 11.6. The Morgan fingerprint density at radius 2 is 2.35 bits per heavy atom. The molecule has 2 heterocycles. The van der Waals surface area contributed by atoms with Crippen molar-refractivity contribution in [3.63, 3.8) is 0 Å². The molecule has 1 aliphatic carbocycles. The Balaban J connectivity index is 2.03. The molecule has 0 saturated heterocycles. The van der Waals surface area contributed by atoms with Gasteiger partial charge in [-0.3, -0.25) is 4.68 Å². The first-order valence-electron chi connectivity index (χ1n) is 7.51. The molecule has 122 valence electrons. The number of aryl methyl sites for hydroxylation is 1. The summed E-state index contributed by atoms with van der Waals surface area (Å²) in [7, 11) is 0. The zero-order valence-electron chi connectivity index (χ0n) is 12.7. The third-order valence-corrected chi connectivity index (χ3v) is 4.79. The highest BCUT2D eigenvalue weighted by Crippen LogP contribution is 2.35. The van der Waals surface area contributed by atoms with Crippen LogP contribution in [0.1, 0.15) is 28.2 Å². The van der Waals surface area contributed by atoms with Crippen molar-refractivity contribution < 1.29 is 9.90 Å². The van der Waals surface area contributed by atoms with E-state index in [2.05, 4.69) is 16.8 Å². The van der Waals surface area contributed by atoms with Crippen LogP contribution in [0.25, 0.3) is 11.3 Å². The predicted octanol–water partition coefficient (Wildman–Crippen LogP) is 1.57. The summed E-state index contributed by atoms with van der Waals surface area (Å²) in [5.74, 6) is -0.167. The number of rotatable bonds is 7. The summed E-state index contributed by atoms with van der Waals surface area (Å²) < 4.78 is 3.46. The maximum Gasteiger partial charge on any atom is 0.354 e. The first-order valence-corrected chi connectivity index (χ1v) is 8.46. The number of hydrogen-bond acceptors (Lipinski definition) is 5. The molecule has 0 bridgehead atoms. The molecule has 0 radical (unpaired) electrons. The average molecular weight is 333 g/mol. The Morgan fingerprint density at radius 1 is 1.52 bits per heavy atom. The predicted molar refractivity (Wildman–Crippen MR) is 89.5 cm³/mol. The third kappa shape index (κ3) is 2.79. The molecule has 3 rings (SSSR count). The topological polar surface area (TPSA) is 99.0 Å². The molecule has 0 aliphatic heterocycles. The number of aromatic carboxylic acids is 1. The molecule has 8 heteroatoms. The SMILES string of the molecule is C=CCSn1ncc2c1CCc1c-2nn(CCCN)c1C(=O)O. The first-order chi connectivity index (χ1) is 11.2. The van der Waals surface area contributed by atoms with Gasteiger partial charge in [-0.2, -0.15) is 10.2 Å². The number of nitrogens with zero attached hydrogens (tertiary/aromatic N) is 4. The molecule has 0 aromatic carbocycles. The summed E-state index contributed by atoms with van der Waals surface area (Å²) in [6.45, 7) is 4.74. The zero-order chi connectivity index (χ0) is 16.4. The van der Waals surface area contributed by atoms with Gasteiger partial charge in [-0.1, -0.05) is 6.08 Å². The Kier molecular flexibility index (Phi) is 4.53. The molecule has 3 N–H and O–H groups in total. The van der Waals surface area contributed by atoms with Gasteiger partial charge in [-0.15, -0.1) is 6.58 Å². The Labute approximate surface area is 138 Å². The van der Waals surface area contributed by atoms with Gasteiger partial charge < -0.3 is 10.8 Å². The lowest BCUT2D eigenvalue weighted by atomic mass is 9.94. The Morgan fingerprint density at radius 3 is 3.04 bits per heavy atom. The lowest BCUT2D eigenvalue weighted by Crippen LogP contribution is -2.14. The minimum atomic E-state index is -0.937. The van der Waals surface area contributed by atoms with Crippen LogP contribution in [0.3, 0.4) is 0 Å². The fourth-order valence-corrected chi connectivity index (χ4v) is 3.56. The van der Waals surface area contributed by atoms with Crippen molar-refractivity contribution in [1.82, 2.24) is 19.0 Å². The van der Waals surface area contributed by atoms with E-state index in [1.807, 2.05) is 10.2 Å². The lowest BCUT2D eigenvalue weighted by Gasteiger charge is -2.13. The van der Waals surface area contributed by atoms with Crippen LogP contribution in [0.15, 0.2) is 18.9 Å². The van der Waals surface area contributed by atoms with E-state index >= 15 is 0 Å². The van der Waals surface area contributed by atoms with E-state index in [-0.39, 0.29) is 5.69 Å². The molecule has 2 aromatic rings. The molecule has 2 aromatic heterocycles. The number of carboxylic acids is 1. The van der Waals surface area contributed by atoms with Crippen LogP contribution < -0.4 is 5.73 Å². The van der Waals surface area contributed by atoms with Crippen LogP contribution in [0, 0.1) is 0 Å². The Hall–Kier alpha value is -2.06. The molecule has 0 atom stereocenters. The van der Waals surface area contributed by atoms with Crippen molar-refractivity contribution in [2.75, 3.05) is 12.3 Å². The number of hydrogen-bond donors (Lipinski definition) is 2. The van der Waals surface area contributed by atoms with Crippen LogP contribution in [-0.4, -0.2) is 42.3 Å². The van der Waals surface area contributed by atoms with Gasteiger partial charge in [0.05, 0.1) is 17.6 Å². The van der Waals surface area contributed by atoms with Gasteiger partial charge in [-0.25, -0.2) is 8.88 Å². The van der Waals surface area contributed by atoms with Gasteiger partial charge in [0.2, 0.25) is 0 Å². The quantitative estimate of drug-likeness (QED) is 0.746. The summed E-state index contributed by atoms with van der Waals surface area (Å²) in [6, 6.07) is 0. The van der Waals surface area contributed by atoms with Gasteiger partial charge in [-0.05, 0) is 37.8 Å². The van der Waals surface area contributed by atoms with E-state index in [1.165, 1.54) is 0 Å². The summed E-state index contributed by atoms with van der Waals surface area (Å²) in [4.78, 5) is 11.6. The number of aromatic nitrogens is 4. The van der Waals surface area contributed by atoms with E-state index in [9.17, 15) is 9.90 Å². The highest BCUT2D eigenvalue weighted by Gasteiger charge is 2.30. The maximum atomic E-state index is 11.6. The van der Waals surface area contributed by atoms with Gasteiger partial charge in [0.1, 0.15) is 5.69 Å². The number of carboxylic acid groups (broad SMARTS) is 1. The molecule has 0 unspecified atom stereocenters. The van der Waals surface area contributed by atoms with E-state index in [0.717, 1.165) is 34.7 Å². The highest BCUT2D eigenvalue weighted by atomic mass is 32.2. The molecule has 7 nitrogen and oxygen atoms in total. The van der Waals surface area contributed by atoms with Crippen LogP contribution in [0.2, 0.25) is 0 Å². The van der Waals surface area contributed by atoms with Crippen molar-refractivity contribution in [2.24, 2.45) is 5.73 Å². The summed E-state index contributed by atoms with van der Waals surface area (Å²) >= 11 is 1.57. The Bertz CT molecular complexity index is 749.